The van der Waals surface area contributed by atoms with E-state index in [-0.39, 0.29) is 5.91 Å². The average Bonchev–Trinajstić information content (AvgIpc) is 2.39. The van der Waals surface area contributed by atoms with Crippen LogP contribution in [0.3, 0.4) is 0 Å². The predicted octanol–water partition coefficient (Wildman–Crippen LogP) is 1.36. The van der Waals surface area contributed by atoms with Crippen LogP contribution in [0.25, 0.3) is 0 Å². The molecule has 0 radical (unpaired) electrons. The summed E-state index contributed by atoms with van der Waals surface area (Å²) in [4.78, 5) is 18.5. The van der Waals surface area contributed by atoms with Crippen molar-refractivity contribution in [2.45, 2.75) is 19.4 Å². The second-order valence-electron chi connectivity index (χ2n) is 5.12. The van der Waals surface area contributed by atoms with Crippen molar-refractivity contribution in [3.8, 4) is 0 Å². The Morgan fingerprint density at radius 1 is 1.47 bits per heavy atom. The van der Waals surface area contributed by atoms with Crippen molar-refractivity contribution in [1.29, 1.82) is 0 Å². The lowest BCUT2D eigenvalue weighted by Crippen LogP contribution is -2.58. The fourth-order valence-electron chi connectivity index (χ4n) is 2.13. The molecule has 0 spiro atoms. The maximum Gasteiger partial charge on any atom is 0.244 e. The van der Waals surface area contributed by atoms with Crippen LogP contribution in [0.4, 0.5) is 5.69 Å². The van der Waals surface area contributed by atoms with Gasteiger partial charge in [-0.3, -0.25) is 9.69 Å². The number of nitrogens with zero attached hydrogens (tertiary/aromatic N) is 2. The van der Waals surface area contributed by atoms with Gasteiger partial charge < -0.3 is 10.6 Å². The number of nitrogens with one attached hydrogen (secondary N) is 2. The second kappa shape index (κ2) is 5.86. The topological polar surface area (TPSA) is 57.3 Å². The van der Waals surface area contributed by atoms with Crippen molar-refractivity contribution in [3.05, 3.63) is 23.5 Å². The molecule has 6 heteroatoms. The number of carbonyl (C=O) groups excluding carboxylic acids is 1. The number of piperazine rings is 1. The molecule has 2 rings (SSSR count). The van der Waals surface area contributed by atoms with E-state index in [1.165, 1.54) is 0 Å². The van der Waals surface area contributed by atoms with E-state index in [2.05, 4.69) is 20.5 Å². The maximum absolute atomic E-state index is 12.4. The number of hydrogen-bond acceptors (Lipinski definition) is 4. The molecule has 0 saturated carbocycles. The van der Waals surface area contributed by atoms with Gasteiger partial charge in [-0.25, -0.2) is 4.98 Å². The van der Waals surface area contributed by atoms with Gasteiger partial charge in [0.25, 0.3) is 0 Å². The van der Waals surface area contributed by atoms with E-state index in [1.807, 2.05) is 13.8 Å². The van der Waals surface area contributed by atoms with Crippen LogP contribution >= 0.6 is 11.6 Å². The standard InChI is InChI=1S/C13H19ClN4O/c1-13(2,18-7-5-15-6-8-18)12(19)17-10-3-4-16-11(14)9-10/h3-4,9,15H,5-8H2,1-2H3,(H,16,17,19). The number of hydrogen-bond donors (Lipinski definition) is 2. The summed E-state index contributed by atoms with van der Waals surface area (Å²) in [6.45, 7) is 7.46. The molecule has 5 nitrogen and oxygen atoms in total. The molecule has 1 aliphatic heterocycles. The van der Waals surface area contributed by atoms with Gasteiger partial charge in [0.1, 0.15) is 5.15 Å². The fraction of sp³-hybridized carbons (Fsp3) is 0.538. The van der Waals surface area contributed by atoms with Crippen LogP contribution in [0.15, 0.2) is 18.3 Å². The third-order valence-electron chi connectivity index (χ3n) is 3.45. The summed E-state index contributed by atoms with van der Waals surface area (Å²) in [5.41, 5.74) is 0.130. The van der Waals surface area contributed by atoms with Crippen molar-refractivity contribution < 1.29 is 4.79 Å². The van der Waals surface area contributed by atoms with E-state index in [9.17, 15) is 4.79 Å². The van der Waals surface area contributed by atoms with E-state index >= 15 is 0 Å². The first-order valence-corrected chi connectivity index (χ1v) is 6.77. The Balaban J connectivity index is 2.05. The highest BCUT2D eigenvalue weighted by Crippen LogP contribution is 2.19. The Labute approximate surface area is 118 Å². The highest BCUT2D eigenvalue weighted by Gasteiger charge is 2.35. The Bertz CT molecular complexity index is 458. The van der Waals surface area contributed by atoms with Crippen molar-refractivity contribution >= 4 is 23.2 Å². The quantitative estimate of drug-likeness (QED) is 0.822. The van der Waals surface area contributed by atoms with Gasteiger partial charge in [-0.05, 0) is 26.0 Å². The fourth-order valence-corrected chi connectivity index (χ4v) is 2.31. The Morgan fingerprint density at radius 2 is 2.16 bits per heavy atom. The first-order chi connectivity index (χ1) is 9.00. The van der Waals surface area contributed by atoms with Crippen LogP contribution in [0.5, 0.6) is 0 Å². The van der Waals surface area contributed by atoms with Crippen LogP contribution in [0, 0.1) is 0 Å². The number of pyridine rings is 1. The molecule has 0 aliphatic carbocycles. The summed E-state index contributed by atoms with van der Waals surface area (Å²) < 4.78 is 0. The highest BCUT2D eigenvalue weighted by molar-refractivity contribution is 6.29. The minimum Gasteiger partial charge on any atom is -0.324 e. The molecule has 1 aromatic rings. The normalized spacial score (nSPS) is 17.2. The maximum atomic E-state index is 12.4. The van der Waals surface area contributed by atoms with Crippen molar-refractivity contribution in [2.24, 2.45) is 0 Å². The lowest BCUT2D eigenvalue weighted by molar-refractivity contribution is -0.126. The third kappa shape index (κ3) is 3.43. The largest absolute Gasteiger partial charge is 0.324 e. The smallest absolute Gasteiger partial charge is 0.244 e. The Kier molecular flexibility index (Phi) is 4.39. The van der Waals surface area contributed by atoms with E-state index in [4.69, 9.17) is 11.6 Å². The number of amides is 1. The molecule has 1 amide bonds. The number of rotatable bonds is 3. The predicted molar refractivity (Wildman–Crippen MR) is 76.4 cm³/mol. The van der Waals surface area contributed by atoms with Gasteiger partial charge in [0.15, 0.2) is 0 Å². The van der Waals surface area contributed by atoms with Crippen molar-refractivity contribution in [1.82, 2.24) is 15.2 Å². The van der Waals surface area contributed by atoms with E-state index < -0.39 is 5.54 Å². The Hall–Kier alpha value is -1.17. The molecular formula is C13H19ClN4O. The van der Waals surface area contributed by atoms with Gasteiger partial charge in [0, 0.05) is 38.1 Å². The highest BCUT2D eigenvalue weighted by atomic mass is 35.5. The Morgan fingerprint density at radius 3 is 2.79 bits per heavy atom. The zero-order valence-electron chi connectivity index (χ0n) is 11.2. The molecular weight excluding hydrogens is 264 g/mol. The molecule has 0 unspecified atom stereocenters. The van der Waals surface area contributed by atoms with Gasteiger partial charge in [-0.15, -0.1) is 0 Å². The average molecular weight is 283 g/mol. The van der Waals surface area contributed by atoms with Crippen molar-refractivity contribution in [2.75, 3.05) is 31.5 Å². The zero-order chi connectivity index (χ0) is 13.9. The lowest BCUT2D eigenvalue weighted by atomic mass is 10.0. The first-order valence-electron chi connectivity index (χ1n) is 6.39. The van der Waals surface area contributed by atoms with Crippen molar-refractivity contribution in [3.63, 3.8) is 0 Å². The number of carbonyl (C=O) groups is 1. The monoisotopic (exact) mass is 282 g/mol. The van der Waals surface area contributed by atoms with Crippen LogP contribution in [0.1, 0.15) is 13.8 Å². The van der Waals surface area contributed by atoms with E-state index in [1.54, 1.807) is 18.3 Å². The number of anilines is 1. The van der Waals surface area contributed by atoms with Crippen LogP contribution in [-0.4, -0.2) is 47.5 Å². The summed E-state index contributed by atoms with van der Waals surface area (Å²) in [6.07, 6.45) is 1.58. The summed E-state index contributed by atoms with van der Waals surface area (Å²) in [7, 11) is 0. The van der Waals surface area contributed by atoms with Crippen LogP contribution in [0.2, 0.25) is 5.15 Å². The minimum absolute atomic E-state index is 0.0309. The molecule has 0 bridgehead atoms. The van der Waals surface area contributed by atoms with Gasteiger partial charge in [0.2, 0.25) is 5.91 Å². The molecule has 0 atom stereocenters. The molecule has 1 saturated heterocycles. The minimum atomic E-state index is -0.544. The molecule has 1 aromatic heterocycles. The SMILES string of the molecule is CC(C)(C(=O)Nc1ccnc(Cl)c1)N1CCNCC1. The molecule has 104 valence electrons. The molecule has 1 fully saturated rings. The van der Waals surface area contributed by atoms with Gasteiger partial charge in [-0.1, -0.05) is 11.6 Å². The molecule has 19 heavy (non-hydrogen) atoms. The van der Waals surface area contributed by atoms with Crippen LogP contribution < -0.4 is 10.6 Å². The van der Waals surface area contributed by atoms with E-state index in [0.29, 0.717) is 10.8 Å². The molecule has 0 aromatic carbocycles. The second-order valence-corrected chi connectivity index (χ2v) is 5.50. The molecule has 1 aliphatic rings. The van der Waals surface area contributed by atoms with E-state index in [0.717, 1.165) is 26.2 Å². The molecule has 2 N–H and O–H groups in total. The summed E-state index contributed by atoms with van der Waals surface area (Å²) >= 11 is 5.81. The van der Waals surface area contributed by atoms with Crippen LogP contribution in [-0.2, 0) is 4.79 Å². The summed E-state index contributed by atoms with van der Waals surface area (Å²) in [6, 6.07) is 3.38. The van der Waals surface area contributed by atoms with Gasteiger partial charge >= 0.3 is 0 Å². The summed E-state index contributed by atoms with van der Waals surface area (Å²) in [5, 5.41) is 6.55. The summed E-state index contributed by atoms with van der Waals surface area (Å²) in [5.74, 6) is -0.0309. The van der Waals surface area contributed by atoms with Gasteiger partial charge in [0.05, 0.1) is 5.54 Å². The lowest BCUT2D eigenvalue weighted by Gasteiger charge is -2.39. The zero-order valence-corrected chi connectivity index (χ0v) is 12.0. The van der Waals surface area contributed by atoms with Gasteiger partial charge in [-0.2, -0.15) is 0 Å². The molecule has 2 heterocycles. The number of halogens is 1. The number of aromatic nitrogens is 1. The first kappa shape index (κ1) is 14.2. The third-order valence-corrected chi connectivity index (χ3v) is 3.65.